The van der Waals surface area contributed by atoms with E-state index in [1.165, 1.54) is 53.7 Å². The Morgan fingerprint density at radius 1 is 1.27 bits per heavy atom. The summed E-state index contributed by atoms with van der Waals surface area (Å²) < 4.78 is 6.57. The molecule has 2 unspecified atom stereocenters. The summed E-state index contributed by atoms with van der Waals surface area (Å²) in [4.78, 5) is 78.2. The number of aliphatic carboxylic acids is 1. The van der Waals surface area contributed by atoms with Crippen molar-refractivity contribution in [1.29, 1.82) is 0 Å². The first kappa shape index (κ1) is 34.8. The molecule has 2 aliphatic heterocycles. The van der Waals surface area contributed by atoms with Gasteiger partial charge in [-0.1, -0.05) is 5.16 Å². The van der Waals surface area contributed by atoms with Crippen molar-refractivity contribution in [3.05, 3.63) is 34.6 Å². The zero-order valence-corrected chi connectivity index (χ0v) is 28.0. The molecular weight excluding hydrogens is 693 g/mol. The second-order valence-electron chi connectivity index (χ2n) is 11.2. The standard InChI is InChI=1S/C26H30N10O9S3/c1-25(2,22(41)33-28)45-34-15(13-7-46-24(27)30-13)18(37)32-16-19(38)35-8-26(23(42)43,10-48-20(16)35)9-47-14-4-11(6-44-3)36-17(31-14)12(5-29-36)21(39)40/h4-5,7,16,20H,6,8-10,28H2,1-3H3,(H2,27,30)(H,32,37)(H,33,41)(H,39,40)(H,42,43)/t16?,20-,26?/m1/s1. The van der Waals surface area contributed by atoms with Crippen LogP contribution >= 0.6 is 34.9 Å². The second-order valence-corrected chi connectivity index (χ2v) is 14.2. The number of rotatable bonds is 13. The van der Waals surface area contributed by atoms with Crippen LogP contribution in [0.3, 0.4) is 0 Å². The van der Waals surface area contributed by atoms with Gasteiger partial charge >= 0.3 is 11.9 Å². The largest absolute Gasteiger partial charge is 0.481 e. The Kier molecular flexibility index (Phi) is 9.82. The quantitative estimate of drug-likeness (QED) is 0.0243. The van der Waals surface area contributed by atoms with E-state index in [2.05, 4.69) is 25.5 Å². The van der Waals surface area contributed by atoms with Crippen molar-refractivity contribution in [3.63, 3.8) is 0 Å². The number of methoxy groups -OCH3 is 1. The van der Waals surface area contributed by atoms with Crippen LogP contribution in [0.25, 0.3) is 5.65 Å². The van der Waals surface area contributed by atoms with Crippen molar-refractivity contribution < 1.29 is 43.8 Å². The number of nitrogens with one attached hydrogen (secondary N) is 2. The number of carboxylic acids is 2. The van der Waals surface area contributed by atoms with Gasteiger partial charge in [0.1, 0.15) is 33.1 Å². The van der Waals surface area contributed by atoms with Gasteiger partial charge in [0.2, 0.25) is 11.5 Å². The fourth-order valence-corrected chi connectivity index (χ4v) is 8.11. The number of hydrogen-bond donors (Lipinski definition) is 6. The molecule has 3 amide bonds. The third kappa shape index (κ3) is 6.60. The Morgan fingerprint density at radius 2 is 2.02 bits per heavy atom. The van der Waals surface area contributed by atoms with Crippen LogP contribution in [0.1, 0.15) is 35.6 Å². The first-order chi connectivity index (χ1) is 22.7. The van der Waals surface area contributed by atoms with Gasteiger partial charge in [-0.05, 0) is 19.9 Å². The number of β-lactam (4-membered cyclic amide) rings is 1. The minimum Gasteiger partial charge on any atom is -0.481 e. The molecule has 0 radical (unpaired) electrons. The maximum atomic E-state index is 13.4. The molecule has 256 valence electrons. The number of carbonyl (C=O) groups excluding carboxylic acids is 3. The zero-order chi connectivity index (χ0) is 35.0. The molecule has 48 heavy (non-hydrogen) atoms. The van der Waals surface area contributed by atoms with E-state index in [-0.39, 0.29) is 52.4 Å². The molecule has 5 rings (SSSR count). The van der Waals surface area contributed by atoms with Gasteiger partial charge in [0.05, 0.1) is 18.5 Å². The predicted molar refractivity (Wildman–Crippen MR) is 172 cm³/mol. The first-order valence-corrected chi connectivity index (χ1v) is 16.8. The number of nitrogens with two attached hydrogens (primary N) is 2. The molecule has 2 aliphatic rings. The highest BCUT2D eigenvalue weighted by molar-refractivity contribution is 8.00. The monoisotopic (exact) mass is 722 g/mol. The number of anilines is 1. The number of carbonyl (C=O) groups is 5. The van der Waals surface area contributed by atoms with Crippen LogP contribution in [-0.4, -0.2) is 112 Å². The molecule has 5 heterocycles. The minimum atomic E-state index is -1.56. The summed E-state index contributed by atoms with van der Waals surface area (Å²) in [6, 6.07) is 0.622. The van der Waals surface area contributed by atoms with E-state index in [4.69, 9.17) is 21.2 Å². The number of hydrogen-bond acceptors (Lipinski definition) is 16. The fraction of sp³-hybridized carbons (Fsp3) is 0.423. The Bertz CT molecular complexity index is 1830. The van der Waals surface area contributed by atoms with Crippen molar-refractivity contribution in [2.45, 2.75) is 42.5 Å². The lowest BCUT2D eigenvalue weighted by atomic mass is 9.89. The molecule has 3 aromatic heterocycles. The van der Waals surface area contributed by atoms with Crippen LogP contribution in [0.2, 0.25) is 0 Å². The normalized spacial score (nSPS) is 21.0. The van der Waals surface area contributed by atoms with Crippen molar-refractivity contribution in [2.75, 3.05) is 30.9 Å². The maximum Gasteiger partial charge on any atom is 0.341 e. The van der Waals surface area contributed by atoms with Crippen LogP contribution in [0.4, 0.5) is 5.13 Å². The van der Waals surface area contributed by atoms with E-state index in [1.54, 1.807) is 6.07 Å². The number of carboxylic acid groups (broad SMARTS) is 2. The van der Waals surface area contributed by atoms with Crippen LogP contribution < -0.4 is 22.3 Å². The highest BCUT2D eigenvalue weighted by Gasteiger charge is 2.57. The van der Waals surface area contributed by atoms with Crippen molar-refractivity contribution >= 4 is 81.0 Å². The number of thioether (sulfide) groups is 2. The number of nitrogen functional groups attached to an aromatic ring is 1. The van der Waals surface area contributed by atoms with Gasteiger partial charge in [0.25, 0.3) is 11.8 Å². The molecule has 0 aromatic carbocycles. The minimum absolute atomic E-state index is 0.000547. The van der Waals surface area contributed by atoms with Crippen LogP contribution in [-0.2, 0) is 35.4 Å². The summed E-state index contributed by atoms with van der Waals surface area (Å²) in [5, 5.41) is 31.8. The third-order valence-corrected chi connectivity index (χ3v) is 10.9. The summed E-state index contributed by atoms with van der Waals surface area (Å²) in [5.74, 6) is 0.874. The summed E-state index contributed by atoms with van der Waals surface area (Å²) in [6.07, 6.45) is 1.18. The Morgan fingerprint density at radius 3 is 2.65 bits per heavy atom. The number of amides is 3. The summed E-state index contributed by atoms with van der Waals surface area (Å²) >= 11 is 3.33. The van der Waals surface area contributed by atoms with Crippen LogP contribution in [0.15, 0.2) is 27.8 Å². The van der Waals surface area contributed by atoms with E-state index < -0.39 is 52.1 Å². The van der Waals surface area contributed by atoms with Gasteiger partial charge in [0, 0.05) is 30.5 Å². The molecule has 22 heteroatoms. The summed E-state index contributed by atoms with van der Waals surface area (Å²) in [7, 11) is 1.47. The van der Waals surface area contributed by atoms with E-state index in [1.807, 2.05) is 5.43 Å². The molecule has 8 N–H and O–H groups in total. The average Bonchev–Trinajstić information content (AvgIpc) is 3.68. The van der Waals surface area contributed by atoms with Crippen molar-refractivity contribution in [2.24, 2.45) is 16.4 Å². The molecule has 3 aromatic rings. The Balaban J connectivity index is 1.30. The molecule has 0 saturated carbocycles. The Labute approximate surface area is 283 Å². The lowest BCUT2D eigenvalue weighted by Gasteiger charge is -2.53. The topological polar surface area (TPSA) is 279 Å². The molecule has 3 atom stereocenters. The molecular formula is C26H30N10O9S3. The predicted octanol–water partition coefficient (Wildman–Crippen LogP) is -0.635. The van der Waals surface area contributed by atoms with Gasteiger partial charge in [-0.2, -0.15) is 5.10 Å². The van der Waals surface area contributed by atoms with Gasteiger partial charge in [-0.25, -0.2) is 25.1 Å². The number of nitrogens with zero attached hydrogens (tertiary/aromatic N) is 6. The lowest BCUT2D eigenvalue weighted by Crippen LogP contribution is -2.74. The summed E-state index contributed by atoms with van der Waals surface area (Å²) in [6.45, 7) is 2.70. The SMILES string of the molecule is COCc1cc(SCC2(C(=O)O)CS[C@@H]3C(NC(=O)C(=NOC(C)(C)C(=O)NN)c4csc(N)n4)C(=O)N3C2)nc2c(C(=O)O)cnn12. The summed E-state index contributed by atoms with van der Waals surface area (Å²) in [5.41, 5.74) is 4.90. The van der Waals surface area contributed by atoms with E-state index in [9.17, 15) is 34.2 Å². The lowest BCUT2D eigenvalue weighted by molar-refractivity contribution is -0.157. The molecule has 0 bridgehead atoms. The third-order valence-electron chi connectivity index (χ3n) is 7.45. The maximum absolute atomic E-state index is 13.4. The Hall–Kier alpha value is -4.51. The van der Waals surface area contributed by atoms with Crippen molar-refractivity contribution in [1.82, 2.24) is 35.2 Å². The number of ether oxygens (including phenoxy) is 1. The van der Waals surface area contributed by atoms with Crippen LogP contribution in [0.5, 0.6) is 0 Å². The van der Waals surface area contributed by atoms with Gasteiger partial charge < -0.3 is 35.7 Å². The van der Waals surface area contributed by atoms with Gasteiger partial charge in [-0.15, -0.1) is 34.9 Å². The molecule has 2 saturated heterocycles. The highest BCUT2D eigenvalue weighted by Crippen LogP contribution is 2.44. The van der Waals surface area contributed by atoms with E-state index >= 15 is 0 Å². The van der Waals surface area contributed by atoms with Gasteiger partial charge in [-0.3, -0.25) is 24.6 Å². The number of hydrazine groups is 1. The highest BCUT2D eigenvalue weighted by atomic mass is 32.2. The van der Waals surface area contributed by atoms with E-state index in [0.29, 0.717) is 10.7 Å². The average molecular weight is 723 g/mol. The number of thiazole rings is 1. The number of aromatic carboxylic acids is 1. The number of aromatic nitrogens is 4. The van der Waals surface area contributed by atoms with Crippen LogP contribution in [0, 0.1) is 5.41 Å². The number of fused-ring (bicyclic) bond motifs is 2. The molecule has 0 spiro atoms. The smallest absolute Gasteiger partial charge is 0.341 e. The number of oxime groups is 1. The fourth-order valence-electron chi connectivity index (χ4n) is 4.78. The van der Waals surface area contributed by atoms with Gasteiger partial charge in [0.15, 0.2) is 16.5 Å². The first-order valence-electron chi connectivity index (χ1n) is 13.9. The zero-order valence-electron chi connectivity index (χ0n) is 25.5. The van der Waals surface area contributed by atoms with Crippen molar-refractivity contribution in [3.8, 4) is 0 Å². The molecule has 19 nitrogen and oxygen atoms in total. The van der Waals surface area contributed by atoms with E-state index in [0.717, 1.165) is 23.1 Å². The second kappa shape index (κ2) is 13.5. The molecule has 0 aliphatic carbocycles. The molecule has 2 fully saturated rings.